The molecule has 0 aliphatic carbocycles. The van der Waals surface area contributed by atoms with Gasteiger partial charge in [-0.05, 0) is 19.4 Å². The molecule has 1 heterocycles. The first-order chi connectivity index (χ1) is 10.1. The summed E-state index contributed by atoms with van der Waals surface area (Å²) in [5.41, 5.74) is 0.576. The van der Waals surface area contributed by atoms with Crippen molar-refractivity contribution >= 4 is 11.4 Å². The number of nitrogens with one attached hydrogen (secondary N) is 1. The zero-order chi connectivity index (χ0) is 15.4. The predicted molar refractivity (Wildman–Crippen MR) is 80.5 cm³/mol. The lowest BCUT2D eigenvalue weighted by Crippen LogP contribution is -2.44. The molecule has 1 unspecified atom stereocenters. The van der Waals surface area contributed by atoms with E-state index in [0.717, 1.165) is 25.9 Å². The zero-order valence-electron chi connectivity index (χ0n) is 12.6. The molecule has 0 bridgehead atoms. The molecule has 21 heavy (non-hydrogen) atoms. The van der Waals surface area contributed by atoms with Gasteiger partial charge in [0.1, 0.15) is 5.69 Å². The molecule has 116 valence electrons. The Morgan fingerprint density at radius 2 is 2.00 bits per heavy atom. The number of nitrogens with zero attached hydrogens (tertiary/aromatic N) is 2. The molecule has 0 radical (unpaired) electrons. The molecule has 1 fully saturated rings. The minimum atomic E-state index is -0.385. The number of benzene rings is 1. The van der Waals surface area contributed by atoms with Crippen molar-refractivity contribution in [3.05, 3.63) is 22.2 Å². The summed E-state index contributed by atoms with van der Waals surface area (Å²) in [6.07, 6.45) is 2.07. The molecule has 1 aliphatic heterocycles. The van der Waals surface area contributed by atoms with Crippen LogP contribution in [-0.4, -0.2) is 45.3 Å². The summed E-state index contributed by atoms with van der Waals surface area (Å²) in [5, 5.41) is 14.7. The van der Waals surface area contributed by atoms with Crippen molar-refractivity contribution in [2.75, 3.05) is 39.3 Å². The van der Waals surface area contributed by atoms with Crippen molar-refractivity contribution in [1.29, 1.82) is 0 Å². The smallest absolute Gasteiger partial charge is 0.296 e. The third kappa shape index (κ3) is 3.18. The van der Waals surface area contributed by atoms with E-state index in [0.29, 0.717) is 17.2 Å². The Bertz CT molecular complexity index is 515. The van der Waals surface area contributed by atoms with Gasteiger partial charge in [0.25, 0.3) is 5.69 Å². The summed E-state index contributed by atoms with van der Waals surface area (Å²) in [6.45, 7) is 1.82. The molecule has 7 nitrogen and oxygen atoms in total. The molecule has 0 spiro atoms. The largest absolute Gasteiger partial charge is 0.493 e. The van der Waals surface area contributed by atoms with Crippen LogP contribution >= 0.6 is 0 Å². The number of nitro groups is 1. The summed E-state index contributed by atoms with van der Waals surface area (Å²) < 4.78 is 10.4. The third-order valence-electron chi connectivity index (χ3n) is 3.88. The molecule has 0 amide bonds. The zero-order valence-corrected chi connectivity index (χ0v) is 12.6. The fraction of sp³-hybridized carbons (Fsp3) is 0.571. The minimum Gasteiger partial charge on any atom is -0.493 e. The first-order valence-corrected chi connectivity index (χ1v) is 6.92. The lowest BCUT2D eigenvalue weighted by Gasteiger charge is -2.33. The molecule has 0 saturated carbocycles. The van der Waals surface area contributed by atoms with E-state index < -0.39 is 0 Å². The Morgan fingerprint density at radius 3 is 2.52 bits per heavy atom. The molecular formula is C14H21N3O4. The van der Waals surface area contributed by atoms with Gasteiger partial charge in [0, 0.05) is 25.7 Å². The molecule has 1 aromatic carbocycles. The Balaban J connectivity index is 2.41. The van der Waals surface area contributed by atoms with Gasteiger partial charge in [0.15, 0.2) is 11.5 Å². The standard InChI is InChI=1S/C14H21N3O4/c1-16(10-5-4-6-15-9-10)11-7-13(20-2)14(21-3)8-12(11)17(18)19/h7-8,10,15H,4-6,9H2,1-3H3. The van der Waals surface area contributed by atoms with Gasteiger partial charge in [-0.15, -0.1) is 0 Å². The van der Waals surface area contributed by atoms with Crippen molar-refractivity contribution in [3.8, 4) is 11.5 Å². The van der Waals surface area contributed by atoms with Crippen LogP contribution in [0.25, 0.3) is 0 Å². The van der Waals surface area contributed by atoms with Crippen LogP contribution < -0.4 is 19.7 Å². The van der Waals surface area contributed by atoms with Gasteiger partial charge in [-0.1, -0.05) is 0 Å². The van der Waals surface area contributed by atoms with E-state index in [4.69, 9.17) is 9.47 Å². The highest BCUT2D eigenvalue weighted by atomic mass is 16.6. The van der Waals surface area contributed by atoms with Crippen LogP contribution in [0.5, 0.6) is 11.5 Å². The number of anilines is 1. The Hall–Kier alpha value is -2.02. The maximum Gasteiger partial charge on any atom is 0.296 e. The van der Waals surface area contributed by atoms with Crippen molar-refractivity contribution in [2.45, 2.75) is 18.9 Å². The number of methoxy groups -OCH3 is 2. The van der Waals surface area contributed by atoms with Crippen molar-refractivity contribution in [1.82, 2.24) is 5.32 Å². The number of ether oxygens (including phenoxy) is 2. The Kier molecular flexibility index (Phi) is 4.85. The summed E-state index contributed by atoms with van der Waals surface area (Å²) in [6, 6.07) is 3.32. The van der Waals surface area contributed by atoms with E-state index in [9.17, 15) is 10.1 Å². The van der Waals surface area contributed by atoms with Crippen LogP contribution in [0.4, 0.5) is 11.4 Å². The van der Waals surface area contributed by atoms with E-state index in [2.05, 4.69) is 5.32 Å². The lowest BCUT2D eigenvalue weighted by atomic mass is 10.1. The highest BCUT2D eigenvalue weighted by Crippen LogP contribution is 2.40. The normalized spacial score (nSPS) is 18.1. The topological polar surface area (TPSA) is 76.9 Å². The van der Waals surface area contributed by atoms with Crippen LogP contribution in [0.1, 0.15) is 12.8 Å². The summed E-state index contributed by atoms with van der Waals surface area (Å²) >= 11 is 0. The number of piperidine rings is 1. The van der Waals surface area contributed by atoms with E-state index in [-0.39, 0.29) is 16.7 Å². The van der Waals surface area contributed by atoms with Gasteiger partial charge in [-0.25, -0.2) is 0 Å². The van der Waals surface area contributed by atoms with Gasteiger partial charge in [0.05, 0.1) is 25.2 Å². The van der Waals surface area contributed by atoms with E-state index >= 15 is 0 Å². The molecule has 1 saturated heterocycles. The quantitative estimate of drug-likeness (QED) is 0.659. The summed E-state index contributed by atoms with van der Waals surface area (Å²) in [4.78, 5) is 12.9. The molecule has 1 atom stereocenters. The van der Waals surface area contributed by atoms with Crippen molar-refractivity contribution < 1.29 is 14.4 Å². The molecule has 1 aromatic rings. The molecular weight excluding hydrogens is 274 g/mol. The SMILES string of the molecule is COc1cc(N(C)C2CCCNC2)c([N+](=O)[O-])cc1OC. The second-order valence-electron chi connectivity index (χ2n) is 5.06. The second kappa shape index (κ2) is 6.62. The monoisotopic (exact) mass is 295 g/mol. The van der Waals surface area contributed by atoms with Crippen LogP contribution in [0, 0.1) is 10.1 Å². The van der Waals surface area contributed by atoms with Gasteiger partial charge in [-0.3, -0.25) is 10.1 Å². The van der Waals surface area contributed by atoms with Crippen molar-refractivity contribution in [2.24, 2.45) is 0 Å². The van der Waals surface area contributed by atoms with E-state index in [1.54, 1.807) is 6.07 Å². The van der Waals surface area contributed by atoms with Crippen LogP contribution in [-0.2, 0) is 0 Å². The first kappa shape index (κ1) is 15.4. The first-order valence-electron chi connectivity index (χ1n) is 6.92. The van der Waals surface area contributed by atoms with Gasteiger partial charge in [0.2, 0.25) is 0 Å². The highest BCUT2D eigenvalue weighted by Gasteiger charge is 2.26. The Labute approximate surface area is 124 Å². The average Bonchev–Trinajstić information content (AvgIpc) is 2.53. The molecule has 1 aliphatic rings. The summed E-state index contributed by atoms with van der Waals surface area (Å²) in [5.74, 6) is 0.858. The summed E-state index contributed by atoms with van der Waals surface area (Å²) in [7, 11) is 4.87. The van der Waals surface area contributed by atoms with Crippen LogP contribution in [0.15, 0.2) is 12.1 Å². The minimum absolute atomic E-state index is 0.0284. The van der Waals surface area contributed by atoms with Crippen LogP contribution in [0.3, 0.4) is 0 Å². The molecule has 7 heteroatoms. The van der Waals surface area contributed by atoms with Crippen LogP contribution in [0.2, 0.25) is 0 Å². The fourth-order valence-electron chi connectivity index (χ4n) is 2.65. The number of hydrogen-bond donors (Lipinski definition) is 1. The molecule has 0 aromatic heterocycles. The molecule has 2 rings (SSSR count). The number of rotatable bonds is 5. The highest BCUT2D eigenvalue weighted by molar-refractivity contribution is 5.70. The number of likely N-dealkylation sites (N-methyl/N-ethyl adjacent to an activating group) is 1. The third-order valence-corrected chi connectivity index (χ3v) is 3.88. The second-order valence-corrected chi connectivity index (χ2v) is 5.06. The number of hydrogen-bond acceptors (Lipinski definition) is 6. The van der Waals surface area contributed by atoms with Crippen molar-refractivity contribution in [3.63, 3.8) is 0 Å². The van der Waals surface area contributed by atoms with E-state index in [1.165, 1.54) is 20.3 Å². The predicted octanol–water partition coefficient (Wildman–Crippen LogP) is 1.80. The van der Waals surface area contributed by atoms with Gasteiger partial charge in [-0.2, -0.15) is 0 Å². The average molecular weight is 295 g/mol. The van der Waals surface area contributed by atoms with Gasteiger partial charge < -0.3 is 19.7 Å². The Morgan fingerprint density at radius 1 is 1.33 bits per heavy atom. The van der Waals surface area contributed by atoms with Gasteiger partial charge >= 0.3 is 0 Å². The lowest BCUT2D eigenvalue weighted by molar-refractivity contribution is -0.384. The number of nitro benzene ring substituents is 1. The maximum absolute atomic E-state index is 11.3. The fourth-order valence-corrected chi connectivity index (χ4v) is 2.65. The maximum atomic E-state index is 11.3. The molecule has 1 N–H and O–H groups in total. The van der Waals surface area contributed by atoms with E-state index in [1.807, 2.05) is 11.9 Å².